The van der Waals surface area contributed by atoms with Crippen LogP contribution >= 0.6 is 0 Å². The van der Waals surface area contributed by atoms with Crippen LogP contribution in [0.1, 0.15) is 39.2 Å². The van der Waals surface area contributed by atoms with E-state index in [1.54, 1.807) is 0 Å². The fraction of sp³-hybridized carbons (Fsp3) is 0.286. The lowest BCUT2D eigenvalue weighted by Crippen LogP contribution is -2.68. The number of aliphatic hydroxyl groups excluding tert-OH is 1. The van der Waals surface area contributed by atoms with Crippen molar-refractivity contribution in [1.29, 1.82) is 0 Å². The molecule has 0 aliphatic heterocycles. The van der Waals surface area contributed by atoms with Crippen molar-refractivity contribution in [3.05, 3.63) is 109 Å². The Labute approximate surface area is 188 Å². The van der Waals surface area contributed by atoms with E-state index in [-0.39, 0.29) is 17.1 Å². The molecule has 0 aliphatic rings. The third-order valence-corrected chi connectivity index (χ3v) is 11.2. The van der Waals surface area contributed by atoms with E-state index in [0.29, 0.717) is 0 Å². The molecule has 0 radical (unpaired) electrons. The molecule has 0 aromatic heterocycles. The molecule has 0 aliphatic carbocycles. The summed E-state index contributed by atoms with van der Waals surface area (Å²) in [5.74, 6) is -0.200. The molecule has 0 amide bonds. The molecule has 3 atom stereocenters. The summed E-state index contributed by atoms with van der Waals surface area (Å²) >= 11 is 0. The van der Waals surface area contributed by atoms with Gasteiger partial charge in [0.15, 0.2) is 0 Å². The minimum absolute atomic E-state index is 0.139. The maximum atomic E-state index is 11.4. The number of hydrogen-bond acceptors (Lipinski definition) is 2. The minimum Gasteiger partial charge on any atom is -0.402 e. The van der Waals surface area contributed by atoms with E-state index in [9.17, 15) is 5.11 Å². The van der Waals surface area contributed by atoms with Gasteiger partial charge in [0.1, 0.15) is 0 Å². The Morgan fingerprint density at radius 2 is 1.23 bits per heavy atom. The first-order valence-corrected chi connectivity index (χ1v) is 12.9. The van der Waals surface area contributed by atoms with Gasteiger partial charge in [-0.2, -0.15) is 0 Å². The number of hydrogen-bond donors (Lipinski definition) is 1. The highest BCUT2D eigenvalue weighted by molar-refractivity contribution is 6.99. The van der Waals surface area contributed by atoms with Crippen LogP contribution in [0.4, 0.5) is 0 Å². The molecule has 1 N–H and O–H groups in total. The third-order valence-electron chi connectivity index (χ3n) is 6.07. The summed E-state index contributed by atoms with van der Waals surface area (Å²) < 4.78 is 7.08. The van der Waals surface area contributed by atoms with Crippen LogP contribution in [-0.2, 0) is 4.43 Å². The van der Waals surface area contributed by atoms with Crippen molar-refractivity contribution in [2.75, 3.05) is 0 Å². The van der Waals surface area contributed by atoms with E-state index in [0.717, 1.165) is 5.56 Å². The summed E-state index contributed by atoms with van der Waals surface area (Å²) in [7, 11) is -2.73. The van der Waals surface area contributed by atoms with Gasteiger partial charge in [0.2, 0.25) is 0 Å². The van der Waals surface area contributed by atoms with Crippen molar-refractivity contribution < 1.29 is 9.53 Å². The Kier molecular flexibility index (Phi) is 7.32. The molecule has 0 fully saturated rings. The molecule has 3 aromatic rings. The number of benzene rings is 3. The third kappa shape index (κ3) is 4.74. The standard InChI is InChI=1S/C28H34O2Si/c1-6-26(23-16-10-7-11-17-23)27(29)22(2)30-31(28(3,4)5,24-18-12-8-13-19-24)25-20-14-9-15-21-25/h6-22,26-27,29H,1H2,2-5H3/t22-,26+,27+/m0/s1. The average molecular weight is 431 g/mol. The largest absolute Gasteiger partial charge is 0.402 e. The Bertz CT molecular complexity index is 909. The first kappa shape index (κ1) is 23.2. The second kappa shape index (κ2) is 9.78. The molecule has 0 heterocycles. The molecular weight excluding hydrogens is 396 g/mol. The van der Waals surface area contributed by atoms with Gasteiger partial charge >= 0.3 is 0 Å². The van der Waals surface area contributed by atoms with Crippen LogP contribution in [0.3, 0.4) is 0 Å². The Morgan fingerprint density at radius 3 is 1.61 bits per heavy atom. The highest BCUT2D eigenvalue weighted by atomic mass is 28.4. The highest BCUT2D eigenvalue weighted by Crippen LogP contribution is 2.38. The molecule has 0 saturated carbocycles. The van der Waals surface area contributed by atoms with Gasteiger partial charge in [-0.3, -0.25) is 0 Å². The maximum absolute atomic E-state index is 11.4. The second-order valence-corrected chi connectivity index (χ2v) is 13.4. The predicted molar refractivity (Wildman–Crippen MR) is 134 cm³/mol. The summed E-state index contributed by atoms with van der Waals surface area (Å²) in [6.07, 6.45) is 0.738. The van der Waals surface area contributed by atoms with E-state index in [4.69, 9.17) is 4.43 Å². The van der Waals surface area contributed by atoms with Gasteiger partial charge in [-0.15, -0.1) is 6.58 Å². The van der Waals surface area contributed by atoms with Crippen LogP contribution in [0.15, 0.2) is 104 Å². The molecule has 162 valence electrons. The van der Waals surface area contributed by atoms with E-state index in [2.05, 4.69) is 75.9 Å². The zero-order chi connectivity index (χ0) is 22.5. The maximum Gasteiger partial charge on any atom is 0.261 e. The van der Waals surface area contributed by atoms with Gasteiger partial charge in [-0.05, 0) is 27.9 Å². The van der Waals surface area contributed by atoms with Crippen LogP contribution < -0.4 is 10.4 Å². The van der Waals surface area contributed by atoms with E-state index >= 15 is 0 Å². The van der Waals surface area contributed by atoms with Crippen LogP contribution in [0.5, 0.6) is 0 Å². The smallest absolute Gasteiger partial charge is 0.261 e. The Morgan fingerprint density at radius 1 is 0.806 bits per heavy atom. The average Bonchev–Trinajstić information content (AvgIpc) is 2.79. The normalized spacial score (nSPS) is 15.1. The molecule has 0 saturated heterocycles. The van der Waals surface area contributed by atoms with Crippen molar-refractivity contribution in [2.45, 2.75) is 50.9 Å². The molecule has 0 unspecified atom stereocenters. The Balaban J connectivity index is 2.07. The molecule has 3 heteroatoms. The number of rotatable bonds is 8. The van der Waals surface area contributed by atoms with Crippen LogP contribution in [0, 0.1) is 0 Å². The minimum atomic E-state index is -2.73. The van der Waals surface area contributed by atoms with Crippen molar-refractivity contribution in [1.82, 2.24) is 0 Å². The SMILES string of the molecule is C=C[C@H](c1ccccc1)[C@H](O)[C@H](C)O[Si](c1ccccc1)(c1ccccc1)C(C)(C)C. The summed E-state index contributed by atoms with van der Waals surface area (Å²) in [6, 6.07) is 31.1. The predicted octanol–water partition coefficient (Wildman–Crippen LogP) is 5.28. The molecule has 0 spiro atoms. The van der Waals surface area contributed by atoms with Gasteiger partial charge in [0, 0.05) is 5.92 Å². The molecule has 3 aromatic carbocycles. The lowest BCUT2D eigenvalue weighted by molar-refractivity contribution is 0.0322. The lowest BCUT2D eigenvalue weighted by atomic mass is 9.91. The summed E-state index contributed by atoms with van der Waals surface area (Å²) in [6.45, 7) is 12.7. The van der Waals surface area contributed by atoms with E-state index < -0.39 is 14.4 Å². The van der Waals surface area contributed by atoms with Gasteiger partial charge in [-0.1, -0.05) is 118 Å². The van der Waals surface area contributed by atoms with Crippen LogP contribution in [-0.4, -0.2) is 25.6 Å². The first-order chi connectivity index (χ1) is 14.8. The quantitative estimate of drug-likeness (QED) is 0.389. The monoisotopic (exact) mass is 430 g/mol. The Hall–Kier alpha value is -2.46. The second-order valence-electron chi connectivity index (χ2n) is 9.15. The topological polar surface area (TPSA) is 29.5 Å². The van der Waals surface area contributed by atoms with E-state index in [1.807, 2.05) is 55.5 Å². The van der Waals surface area contributed by atoms with Crippen molar-refractivity contribution in [3.63, 3.8) is 0 Å². The van der Waals surface area contributed by atoms with E-state index in [1.165, 1.54) is 10.4 Å². The highest BCUT2D eigenvalue weighted by Gasteiger charge is 2.51. The van der Waals surface area contributed by atoms with Gasteiger partial charge in [0.25, 0.3) is 8.32 Å². The van der Waals surface area contributed by atoms with Crippen LogP contribution in [0.2, 0.25) is 5.04 Å². The van der Waals surface area contributed by atoms with Crippen molar-refractivity contribution >= 4 is 18.7 Å². The summed E-state index contributed by atoms with van der Waals surface area (Å²) in [4.78, 5) is 0. The van der Waals surface area contributed by atoms with Crippen molar-refractivity contribution in [2.24, 2.45) is 0 Å². The fourth-order valence-electron chi connectivity index (χ4n) is 4.48. The zero-order valence-electron chi connectivity index (χ0n) is 19.0. The van der Waals surface area contributed by atoms with Crippen LogP contribution in [0.25, 0.3) is 0 Å². The molecule has 31 heavy (non-hydrogen) atoms. The van der Waals surface area contributed by atoms with Gasteiger partial charge in [0.05, 0.1) is 12.2 Å². The summed E-state index contributed by atoms with van der Waals surface area (Å²) in [5.41, 5.74) is 1.04. The molecule has 2 nitrogen and oxygen atoms in total. The van der Waals surface area contributed by atoms with Gasteiger partial charge in [-0.25, -0.2) is 0 Å². The lowest BCUT2D eigenvalue weighted by Gasteiger charge is -2.45. The first-order valence-electron chi connectivity index (χ1n) is 11.0. The summed E-state index contributed by atoms with van der Waals surface area (Å²) in [5, 5.41) is 13.7. The van der Waals surface area contributed by atoms with Gasteiger partial charge < -0.3 is 9.53 Å². The number of aliphatic hydroxyl groups is 1. The van der Waals surface area contributed by atoms with Crippen molar-refractivity contribution in [3.8, 4) is 0 Å². The fourth-order valence-corrected chi connectivity index (χ4v) is 9.19. The molecular formula is C28H34O2Si. The molecule has 0 bridgehead atoms. The molecule has 3 rings (SSSR count). The zero-order valence-corrected chi connectivity index (χ0v) is 20.0.